The average Bonchev–Trinajstić information content (AvgIpc) is 2.57. The number of nitrogens with one attached hydrogen (secondary N) is 2. The molecule has 0 aliphatic carbocycles. The first-order chi connectivity index (χ1) is 10.7. The van der Waals surface area contributed by atoms with Gasteiger partial charge in [-0.05, 0) is 16.8 Å². The summed E-state index contributed by atoms with van der Waals surface area (Å²) in [4.78, 5) is 22.8. The van der Waals surface area contributed by atoms with Crippen LogP contribution in [-0.2, 0) is 16.1 Å². The van der Waals surface area contributed by atoms with Crippen LogP contribution in [0.1, 0.15) is 5.56 Å². The second kappa shape index (κ2) is 8.97. The molecule has 0 spiro atoms. The molecule has 124 valence electrons. The van der Waals surface area contributed by atoms with Crippen molar-refractivity contribution < 1.29 is 14.3 Å². The maximum Gasteiger partial charge on any atom is 0.239 e. The summed E-state index contributed by atoms with van der Waals surface area (Å²) in [5.74, 6) is 0.0691. The maximum atomic E-state index is 11.8. The van der Waals surface area contributed by atoms with E-state index in [1.54, 1.807) is 7.11 Å². The predicted molar refractivity (Wildman–Crippen MR) is 91.7 cm³/mol. The van der Waals surface area contributed by atoms with Crippen molar-refractivity contribution >= 4 is 35.0 Å². The average molecular weight is 338 g/mol. The number of carbonyl (C=O) groups excluding carboxylic acids is 2. The molecule has 0 fully saturated rings. The number of hydrogen-bond acceptors (Lipinski definition) is 4. The van der Waals surface area contributed by atoms with Gasteiger partial charge in [0, 0.05) is 12.1 Å². The molecule has 23 heavy (non-hydrogen) atoms. The summed E-state index contributed by atoms with van der Waals surface area (Å²) in [5.41, 5.74) is 6.07. The minimum atomic E-state index is -0.363. The Kier molecular flexibility index (Phi) is 7.31. The molecule has 0 aliphatic heterocycles. The van der Waals surface area contributed by atoms with E-state index < -0.39 is 0 Å². The Morgan fingerprint density at radius 2 is 1.83 bits per heavy atom. The Hall–Kier alpha value is -2.31. The Bertz CT molecular complexity index is 691. The highest BCUT2D eigenvalue weighted by atomic mass is 35.5. The summed E-state index contributed by atoms with van der Waals surface area (Å²) >= 11 is 0. The molecule has 2 aromatic carbocycles. The number of halogens is 1. The molecule has 0 bridgehead atoms. The van der Waals surface area contributed by atoms with Crippen LogP contribution >= 0.6 is 12.4 Å². The van der Waals surface area contributed by atoms with Gasteiger partial charge in [-0.15, -0.1) is 12.4 Å². The van der Waals surface area contributed by atoms with Crippen LogP contribution in [0.3, 0.4) is 0 Å². The van der Waals surface area contributed by atoms with Crippen LogP contribution in [0, 0.1) is 0 Å². The number of ether oxygens (including phenoxy) is 1. The molecule has 0 saturated carbocycles. The quantitative estimate of drug-likeness (QED) is 0.732. The van der Waals surface area contributed by atoms with E-state index in [0.29, 0.717) is 12.3 Å². The molecule has 0 atom stereocenters. The van der Waals surface area contributed by atoms with Gasteiger partial charge in [0.15, 0.2) is 0 Å². The molecule has 0 aromatic heterocycles. The van der Waals surface area contributed by atoms with Gasteiger partial charge in [0.05, 0.1) is 20.2 Å². The highest BCUT2D eigenvalue weighted by Gasteiger charge is 2.10. The van der Waals surface area contributed by atoms with Crippen molar-refractivity contribution in [1.29, 1.82) is 0 Å². The van der Waals surface area contributed by atoms with Crippen LogP contribution in [0.15, 0.2) is 36.4 Å². The highest BCUT2D eigenvalue weighted by molar-refractivity contribution is 5.89. The second-order valence-electron chi connectivity index (χ2n) is 4.73. The van der Waals surface area contributed by atoms with E-state index in [9.17, 15) is 9.59 Å². The monoisotopic (exact) mass is 337 g/mol. The molecule has 6 nitrogen and oxygen atoms in total. The molecule has 2 rings (SSSR count). The number of carbonyl (C=O) groups is 2. The number of rotatable bonds is 6. The number of benzene rings is 2. The van der Waals surface area contributed by atoms with Gasteiger partial charge in [0.2, 0.25) is 11.8 Å². The van der Waals surface area contributed by atoms with Gasteiger partial charge in [0.25, 0.3) is 0 Å². The van der Waals surface area contributed by atoms with Crippen molar-refractivity contribution in [3.8, 4) is 5.75 Å². The SMILES string of the molecule is COc1ccc2ccccc2c1CNC(=O)CNC(=O)CN.Cl. The lowest BCUT2D eigenvalue weighted by Gasteiger charge is -2.13. The van der Waals surface area contributed by atoms with Gasteiger partial charge in [0.1, 0.15) is 5.75 Å². The number of hydrogen-bond donors (Lipinski definition) is 3. The minimum Gasteiger partial charge on any atom is -0.496 e. The molecule has 2 aromatic rings. The third-order valence-corrected chi connectivity index (χ3v) is 3.31. The smallest absolute Gasteiger partial charge is 0.239 e. The first kappa shape index (κ1) is 18.7. The summed E-state index contributed by atoms with van der Waals surface area (Å²) in [6, 6.07) is 11.7. The van der Waals surface area contributed by atoms with E-state index in [1.807, 2.05) is 36.4 Å². The molecule has 2 amide bonds. The standard InChI is InChI=1S/C16H19N3O3.ClH/c1-22-14-7-6-11-4-2-3-5-12(11)13(14)9-18-16(21)10-19-15(20)8-17;/h2-7H,8-10,17H2,1H3,(H,18,21)(H,19,20);1H. The Morgan fingerprint density at radius 3 is 2.52 bits per heavy atom. The molecule has 0 unspecified atom stereocenters. The third kappa shape index (κ3) is 4.84. The Labute approximate surface area is 140 Å². The van der Waals surface area contributed by atoms with Gasteiger partial charge >= 0.3 is 0 Å². The lowest BCUT2D eigenvalue weighted by Crippen LogP contribution is -2.39. The van der Waals surface area contributed by atoms with Crippen LogP contribution in [0.2, 0.25) is 0 Å². The first-order valence-electron chi connectivity index (χ1n) is 6.93. The molecule has 7 heteroatoms. The van der Waals surface area contributed by atoms with Crippen molar-refractivity contribution in [2.45, 2.75) is 6.54 Å². The van der Waals surface area contributed by atoms with Gasteiger partial charge in [-0.1, -0.05) is 30.3 Å². The van der Waals surface area contributed by atoms with E-state index in [0.717, 1.165) is 16.3 Å². The van der Waals surface area contributed by atoms with Crippen LogP contribution in [0.5, 0.6) is 5.75 Å². The molecule has 0 heterocycles. The van der Waals surface area contributed by atoms with Crippen LogP contribution in [-0.4, -0.2) is 32.0 Å². The van der Waals surface area contributed by atoms with Gasteiger partial charge in [-0.25, -0.2) is 0 Å². The minimum absolute atomic E-state index is 0. The number of fused-ring (bicyclic) bond motifs is 1. The fraction of sp³-hybridized carbons (Fsp3) is 0.250. The van der Waals surface area contributed by atoms with Crippen molar-refractivity contribution in [2.24, 2.45) is 5.73 Å². The zero-order valence-electron chi connectivity index (χ0n) is 12.8. The summed E-state index contributed by atoms with van der Waals surface area (Å²) < 4.78 is 5.36. The number of amides is 2. The fourth-order valence-corrected chi connectivity index (χ4v) is 2.19. The molecular formula is C16H20ClN3O3. The van der Waals surface area contributed by atoms with Crippen molar-refractivity contribution in [1.82, 2.24) is 10.6 Å². The van der Waals surface area contributed by atoms with Gasteiger partial charge < -0.3 is 21.1 Å². The zero-order chi connectivity index (χ0) is 15.9. The Balaban J connectivity index is 0.00000264. The fourth-order valence-electron chi connectivity index (χ4n) is 2.19. The third-order valence-electron chi connectivity index (χ3n) is 3.31. The van der Waals surface area contributed by atoms with E-state index >= 15 is 0 Å². The first-order valence-corrected chi connectivity index (χ1v) is 6.93. The summed E-state index contributed by atoms with van der Waals surface area (Å²) in [5, 5.41) is 7.29. The highest BCUT2D eigenvalue weighted by Crippen LogP contribution is 2.27. The second-order valence-corrected chi connectivity index (χ2v) is 4.73. The molecule has 0 saturated heterocycles. The van der Waals surface area contributed by atoms with Crippen LogP contribution < -0.4 is 21.1 Å². The van der Waals surface area contributed by atoms with Crippen molar-refractivity contribution in [2.75, 3.05) is 20.2 Å². The normalized spacial score (nSPS) is 9.83. The van der Waals surface area contributed by atoms with E-state index in [1.165, 1.54) is 0 Å². The van der Waals surface area contributed by atoms with Gasteiger partial charge in [-0.3, -0.25) is 9.59 Å². The number of methoxy groups -OCH3 is 1. The molecule has 0 aliphatic rings. The van der Waals surface area contributed by atoms with Crippen LogP contribution in [0.4, 0.5) is 0 Å². The lowest BCUT2D eigenvalue weighted by molar-refractivity contribution is -0.125. The number of nitrogens with two attached hydrogens (primary N) is 1. The van der Waals surface area contributed by atoms with E-state index in [4.69, 9.17) is 10.5 Å². The summed E-state index contributed by atoms with van der Waals surface area (Å²) in [7, 11) is 1.59. The summed E-state index contributed by atoms with van der Waals surface area (Å²) in [6.07, 6.45) is 0. The van der Waals surface area contributed by atoms with E-state index in [-0.39, 0.29) is 37.3 Å². The van der Waals surface area contributed by atoms with Crippen molar-refractivity contribution in [3.63, 3.8) is 0 Å². The largest absolute Gasteiger partial charge is 0.496 e. The molecule has 4 N–H and O–H groups in total. The van der Waals surface area contributed by atoms with Crippen molar-refractivity contribution in [3.05, 3.63) is 42.0 Å². The predicted octanol–water partition coefficient (Wildman–Crippen LogP) is 0.961. The molecular weight excluding hydrogens is 318 g/mol. The molecule has 0 radical (unpaired) electrons. The zero-order valence-corrected chi connectivity index (χ0v) is 13.6. The lowest BCUT2D eigenvalue weighted by atomic mass is 10.0. The van der Waals surface area contributed by atoms with Crippen LogP contribution in [0.25, 0.3) is 10.8 Å². The Morgan fingerprint density at radius 1 is 1.09 bits per heavy atom. The maximum absolute atomic E-state index is 11.8. The topological polar surface area (TPSA) is 93.5 Å². The van der Waals surface area contributed by atoms with Gasteiger partial charge in [-0.2, -0.15) is 0 Å². The summed E-state index contributed by atoms with van der Waals surface area (Å²) in [6.45, 7) is 0.0927. The van der Waals surface area contributed by atoms with E-state index in [2.05, 4.69) is 10.6 Å².